The first-order valence-electron chi connectivity index (χ1n) is 8.40. The molecule has 0 aliphatic heterocycles. The SMILES string of the molecule is O=C(Cc1cccc2ccccc12)OCc1cc(=O)n2cc(Br)ccc2n1. The Balaban J connectivity index is 1.50. The van der Waals surface area contributed by atoms with Crippen LogP contribution in [0.3, 0.4) is 0 Å². The highest BCUT2D eigenvalue weighted by molar-refractivity contribution is 9.10. The number of aromatic nitrogens is 2. The summed E-state index contributed by atoms with van der Waals surface area (Å²) in [4.78, 5) is 28.8. The maximum Gasteiger partial charge on any atom is 0.310 e. The zero-order valence-electron chi connectivity index (χ0n) is 14.3. The molecular weight excluding hydrogens is 408 g/mol. The minimum absolute atomic E-state index is 0.0363. The standard InChI is InChI=1S/C21H15BrN2O3/c22-16-8-9-19-23-17(11-20(25)24(19)12-16)13-27-21(26)10-15-6-3-5-14-4-1-2-7-18(14)15/h1-9,11-12H,10,13H2. The van der Waals surface area contributed by atoms with Crippen molar-refractivity contribution in [1.29, 1.82) is 0 Å². The fourth-order valence-corrected chi connectivity index (χ4v) is 3.34. The summed E-state index contributed by atoms with van der Waals surface area (Å²) in [5.74, 6) is -0.357. The summed E-state index contributed by atoms with van der Waals surface area (Å²) in [5, 5.41) is 2.11. The van der Waals surface area contributed by atoms with Crippen LogP contribution in [-0.2, 0) is 22.6 Å². The van der Waals surface area contributed by atoms with Crippen molar-refractivity contribution in [3.63, 3.8) is 0 Å². The van der Waals surface area contributed by atoms with Gasteiger partial charge in [-0.3, -0.25) is 14.0 Å². The predicted molar refractivity (Wildman–Crippen MR) is 107 cm³/mol. The van der Waals surface area contributed by atoms with E-state index in [1.165, 1.54) is 10.5 Å². The lowest BCUT2D eigenvalue weighted by Gasteiger charge is -2.08. The Kier molecular flexibility index (Phi) is 4.73. The number of carbonyl (C=O) groups is 1. The smallest absolute Gasteiger partial charge is 0.310 e. The second-order valence-corrected chi connectivity index (χ2v) is 7.05. The molecule has 27 heavy (non-hydrogen) atoms. The van der Waals surface area contributed by atoms with Gasteiger partial charge in [-0.2, -0.15) is 0 Å². The number of rotatable bonds is 4. The number of fused-ring (bicyclic) bond motifs is 2. The molecule has 6 heteroatoms. The van der Waals surface area contributed by atoms with Crippen LogP contribution in [0.4, 0.5) is 0 Å². The van der Waals surface area contributed by atoms with E-state index < -0.39 is 0 Å². The first kappa shape index (κ1) is 17.4. The molecule has 5 nitrogen and oxygen atoms in total. The molecule has 0 saturated carbocycles. The lowest BCUT2D eigenvalue weighted by Crippen LogP contribution is -2.17. The summed E-state index contributed by atoms with van der Waals surface area (Å²) in [6, 6.07) is 18.7. The van der Waals surface area contributed by atoms with Gasteiger partial charge in [-0.05, 0) is 44.4 Å². The number of nitrogens with zero attached hydrogens (tertiary/aromatic N) is 2. The fraction of sp³-hybridized carbons (Fsp3) is 0.0952. The van der Waals surface area contributed by atoms with Gasteiger partial charge >= 0.3 is 5.97 Å². The third-order valence-corrected chi connectivity index (χ3v) is 4.74. The Labute approximate surface area is 163 Å². The van der Waals surface area contributed by atoms with E-state index in [0.717, 1.165) is 20.8 Å². The van der Waals surface area contributed by atoms with Crippen LogP contribution in [0.15, 0.2) is 76.1 Å². The van der Waals surface area contributed by atoms with Crippen LogP contribution in [0.2, 0.25) is 0 Å². The van der Waals surface area contributed by atoms with Crippen molar-refractivity contribution < 1.29 is 9.53 Å². The van der Waals surface area contributed by atoms with Crippen LogP contribution >= 0.6 is 15.9 Å². The topological polar surface area (TPSA) is 60.7 Å². The van der Waals surface area contributed by atoms with E-state index in [1.54, 1.807) is 18.3 Å². The van der Waals surface area contributed by atoms with Crippen LogP contribution in [0.1, 0.15) is 11.3 Å². The van der Waals surface area contributed by atoms with Gasteiger partial charge in [0, 0.05) is 16.7 Å². The number of pyridine rings is 1. The lowest BCUT2D eigenvalue weighted by molar-refractivity contribution is -0.144. The largest absolute Gasteiger partial charge is 0.459 e. The molecule has 2 aromatic heterocycles. The average Bonchev–Trinajstić information content (AvgIpc) is 2.67. The summed E-state index contributed by atoms with van der Waals surface area (Å²) in [7, 11) is 0. The molecule has 0 unspecified atom stereocenters. The van der Waals surface area contributed by atoms with Crippen molar-refractivity contribution >= 4 is 38.3 Å². The molecule has 2 heterocycles. The lowest BCUT2D eigenvalue weighted by atomic mass is 10.0. The van der Waals surface area contributed by atoms with E-state index >= 15 is 0 Å². The minimum Gasteiger partial charge on any atom is -0.459 e. The average molecular weight is 423 g/mol. The monoisotopic (exact) mass is 422 g/mol. The molecule has 0 N–H and O–H groups in total. The van der Waals surface area contributed by atoms with E-state index in [0.29, 0.717) is 11.3 Å². The van der Waals surface area contributed by atoms with Crippen LogP contribution in [-0.4, -0.2) is 15.4 Å². The highest BCUT2D eigenvalue weighted by Gasteiger charge is 2.10. The Bertz CT molecular complexity index is 1210. The number of carbonyl (C=O) groups excluding carboxylic acids is 1. The second kappa shape index (κ2) is 7.32. The van der Waals surface area contributed by atoms with Gasteiger partial charge < -0.3 is 4.74 Å². The Morgan fingerprint density at radius 2 is 1.89 bits per heavy atom. The highest BCUT2D eigenvalue weighted by Crippen LogP contribution is 2.19. The van der Waals surface area contributed by atoms with E-state index in [1.807, 2.05) is 42.5 Å². The van der Waals surface area contributed by atoms with E-state index in [-0.39, 0.29) is 24.6 Å². The van der Waals surface area contributed by atoms with Crippen LogP contribution in [0.25, 0.3) is 16.4 Å². The minimum atomic E-state index is -0.357. The summed E-state index contributed by atoms with van der Waals surface area (Å²) >= 11 is 3.33. The van der Waals surface area contributed by atoms with Gasteiger partial charge in [0.2, 0.25) is 0 Å². The van der Waals surface area contributed by atoms with Crippen molar-refractivity contribution in [3.05, 3.63) is 92.9 Å². The molecule has 0 atom stereocenters. The first-order valence-corrected chi connectivity index (χ1v) is 9.19. The normalized spacial score (nSPS) is 11.0. The van der Waals surface area contributed by atoms with Gasteiger partial charge in [-0.25, -0.2) is 4.98 Å². The second-order valence-electron chi connectivity index (χ2n) is 6.14. The molecule has 0 saturated heterocycles. The van der Waals surface area contributed by atoms with Gasteiger partial charge in [0.05, 0.1) is 12.1 Å². The first-order chi connectivity index (χ1) is 13.1. The van der Waals surface area contributed by atoms with Gasteiger partial charge in [0.25, 0.3) is 5.56 Å². The molecule has 0 radical (unpaired) electrons. The summed E-state index contributed by atoms with van der Waals surface area (Å²) in [5.41, 5.74) is 1.62. The maximum atomic E-state index is 12.3. The van der Waals surface area contributed by atoms with Gasteiger partial charge in [-0.15, -0.1) is 0 Å². The predicted octanol–water partition coefficient (Wildman–Crippen LogP) is 3.90. The van der Waals surface area contributed by atoms with Crippen LogP contribution in [0.5, 0.6) is 0 Å². The summed E-state index contributed by atoms with van der Waals surface area (Å²) in [6.07, 6.45) is 1.82. The highest BCUT2D eigenvalue weighted by atomic mass is 79.9. The van der Waals surface area contributed by atoms with Crippen molar-refractivity contribution in [2.45, 2.75) is 13.0 Å². The number of halogens is 1. The Morgan fingerprint density at radius 3 is 2.78 bits per heavy atom. The molecule has 0 amide bonds. The zero-order valence-corrected chi connectivity index (χ0v) is 15.8. The number of benzene rings is 2. The van der Waals surface area contributed by atoms with Crippen molar-refractivity contribution in [1.82, 2.24) is 9.38 Å². The number of hydrogen-bond donors (Lipinski definition) is 0. The van der Waals surface area contributed by atoms with Crippen molar-refractivity contribution in [3.8, 4) is 0 Å². The maximum absolute atomic E-state index is 12.3. The molecule has 0 aliphatic rings. The van der Waals surface area contributed by atoms with Crippen LogP contribution < -0.4 is 5.56 Å². The Morgan fingerprint density at radius 1 is 1.07 bits per heavy atom. The molecule has 134 valence electrons. The van der Waals surface area contributed by atoms with Crippen molar-refractivity contribution in [2.24, 2.45) is 0 Å². The molecule has 0 spiro atoms. The third-order valence-electron chi connectivity index (χ3n) is 4.27. The number of hydrogen-bond acceptors (Lipinski definition) is 4. The summed E-state index contributed by atoms with van der Waals surface area (Å²) in [6.45, 7) is -0.0363. The summed E-state index contributed by atoms with van der Waals surface area (Å²) < 4.78 is 7.57. The molecule has 0 fully saturated rings. The molecule has 2 aromatic carbocycles. The van der Waals surface area contributed by atoms with Crippen LogP contribution in [0, 0.1) is 0 Å². The Hall–Kier alpha value is -2.99. The van der Waals surface area contributed by atoms with Gasteiger partial charge in [0.15, 0.2) is 0 Å². The van der Waals surface area contributed by atoms with Gasteiger partial charge in [-0.1, -0.05) is 42.5 Å². The third kappa shape index (κ3) is 3.75. The molecule has 0 bridgehead atoms. The fourth-order valence-electron chi connectivity index (χ4n) is 3.01. The zero-order chi connectivity index (χ0) is 18.8. The van der Waals surface area contributed by atoms with E-state index in [9.17, 15) is 9.59 Å². The number of ether oxygens (including phenoxy) is 1. The molecule has 0 aliphatic carbocycles. The quantitative estimate of drug-likeness (QED) is 0.468. The van der Waals surface area contributed by atoms with Crippen molar-refractivity contribution in [2.75, 3.05) is 0 Å². The number of esters is 1. The molecular formula is C21H15BrN2O3. The molecule has 4 aromatic rings. The van der Waals surface area contributed by atoms with Gasteiger partial charge in [0.1, 0.15) is 12.3 Å². The molecule has 4 rings (SSSR count). The van der Waals surface area contributed by atoms with E-state index in [2.05, 4.69) is 20.9 Å². The van der Waals surface area contributed by atoms with E-state index in [4.69, 9.17) is 4.74 Å².